The zero-order chi connectivity index (χ0) is 24.2. The van der Waals surface area contributed by atoms with Crippen LogP contribution in [0.4, 0.5) is 0 Å². The van der Waals surface area contributed by atoms with Crippen molar-refractivity contribution in [3.05, 3.63) is 76.4 Å². The topological polar surface area (TPSA) is 90.4 Å². The lowest BCUT2D eigenvalue weighted by molar-refractivity contribution is 0.0693. The van der Waals surface area contributed by atoms with E-state index < -0.39 is 11.4 Å². The molecule has 2 aliphatic rings. The van der Waals surface area contributed by atoms with Crippen molar-refractivity contribution in [2.24, 2.45) is 0 Å². The lowest BCUT2D eigenvalue weighted by atomic mass is 9.81. The van der Waals surface area contributed by atoms with Crippen molar-refractivity contribution in [1.29, 1.82) is 0 Å². The molecular weight excluding hydrogens is 466 g/mol. The molecule has 7 nitrogen and oxygen atoms in total. The molecule has 1 unspecified atom stereocenters. The number of halogens is 1. The number of aromatic carboxylic acids is 1. The zero-order valence-electron chi connectivity index (χ0n) is 19.2. The van der Waals surface area contributed by atoms with Gasteiger partial charge in [-0.05, 0) is 56.2 Å². The van der Waals surface area contributed by atoms with E-state index >= 15 is 0 Å². The predicted octanol–water partition coefficient (Wildman–Crippen LogP) is 5.92. The van der Waals surface area contributed by atoms with E-state index in [-0.39, 0.29) is 11.6 Å². The number of carboxylic acids is 1. The third-order valence-corrected chi connectivity index (χ3v) is 7.19. The zero-order valence-corrected chi connectivity index (χ0v) is 20.0. The normalized spacial score (nSPS) is 20.3. The standard InChI is InChI=1S/C27H24ClN3O4/c1-27(26-30-20-14-18(28)6-7-23(20)35-26)11-8-22-21(15-27)29-24(31(22)19-9-12-34-13-10-19)16-2-4-17(5-3-16)25(32)33/h2-8,11,14,19H,9-10,12-13,15H2,1H3,(H,32,33). The number of allylic oxidation sites excluding steroid dienone is 1. The Morgan fingerprint density at radius 3 is 2.66 bits per heavy atom. The highest BCUT2D eigenvalue weighted by Crippen LogP contribution is 2.40. The van der Waals surface area contributed by atoms with Crippen LogP contribution in [-0.2, 0) is 16.6 Å². The molecule has 0 spiro atoms. The van der Waals surface area contributed by atoms with Crippen LogP contribution in [0.2, 0.25) is 5.02 Å². The fourth-order valence-corrected chi connectivity index (χ4v) is 5.20. The van der Waals surface area contributed by atoms with Crippen molar-refractivity contribution in [2.75, 3.05) is 13.2 Å². The second-order valence-electron chi connectivity index (χ2n) is 9.42. The van der Waals surface area contributed by atoms with Crippen LogP contribution >= 0.6 is 11.6 Å². The van der Waals surface area contributed by atoms with Crippen molar-refractivity contribution in [3.8, 4) is 11.4 Å². The van der Waals surface area contributed by atoms with Gasteiger partial charge in [-0.1, -0.05) is 29.8 Å². The largest absolute Gasteiger partial charge is 0.478 e. The van der Waals surface area contributed by atoms with Gasteiger partial charge in [0.1, 0.15) is 11.3 Å². The van der Waals surface area contributed by atoms with E-state index in [1.807, 2.05) is 24.3 Å². The molecule has 4 aromatic rings. The number of oxazole rings is 1. The average Bonchev–Trinajstić information content (AvgIpc) is 3.46. The highest BCUT2D eigenvalue weighted by molar-refractivity contribution is 6.31. The molecule has 1 atom stereocenters. The van der Waals surface area contributed by atoms with Crippen LogP contribution in [0, 0.1) is 0 Å². The van der Waals surface area contributed by atoms with Gasteiger partial charge >= 0.3 is 5.97 Å². The highest BCUT2D eigenvalue weighted by atomic mass is 35.5. The van der Waals surface area contributed by atoms with Crippen LogP contribution in [-0.4, -0.2) is 38.8 Å². The van der Waals surface area contributed by atoms with E-state index in [0.717, 1.165) is 41.1 Å². The van der Waals surface area contributed by atoms with E-state index in [1.54, 1.807) is 18.2 Å². The van der Waals surface area contributed by atoms with Crippen LogP contribution in [0.3, 0.4) is 0 Å². The highest BCUT2D eigenvalue weighted by Gasteiger charge is 2.37. The first-order valence-electron chi connectivity index (χ1n) is 11.7. The molecule has 1 aliphatic heterocycles. The maximum absolute atomic E-state index is 11.3. The molecule has 1 fully saturated rings. The van der Waals surface area contributed by atoms with Crippen molar-refractivity contribution < 1.29 is 19.1 Å². The number of hydrogen-bond acceptors (Lipinski definition) is 5. The molecule has 1 N–H and O–H groups in total. The summed E-state index contributed by atoms with van der Waals surface area (Å²) < 4.78 is 14.0. The number of rotatable bonds is 4. The monoisotopic (exact) mass is 489 g/mol. The van der Waals surface area contributed by atoms with Gasteiger partial charge in [-0.3, -0.25) is 0 Å². The summed E-state index contributed by atoms with van der Waals surface area (Å²) in [5.41, 5.74) is 4.17. The molecule has 1 saturated heterocycles. The molecule has 0 radical (unpaired) electrons. The van der Waals surface area contributed by atoms with Crippen LogP contribution in [0.25, 0.3) is 28.6 Å². The molecule has 2 aromatic heterocycles. The van der Waals surface area contributed by atoms with Gasteiger partial charge in [-0.2, -0.15) is 0 Å². The van der Waals surface area contributed by atoms with E-state index in [2.05, 4.69) is 23.6 Å². The fraction of sp³-hybridized carbons (Fsp3) is 0.296. The second kappa shape index (κ2) is 8.36. The van der Waals surface area contributed by atoms with Crippen molar-refractivity contribution in [2.45, 2.75) is 37.6 Å². The Hall–Kier alpha value is -3.42. The molecular formula is C27H24ClN3O4. The van der Waals surface area contributed by atoms with E-state index in [9.17, 15) is 9.90 Å². The summed E-state index contributed by atoms with van der Waals surface area (Å²) in [5.74, 6) is 0.531. The minimum Gasteiger partial charge on any atom is -0.478 e. The van der Waals surface area contributed by atoms with E-state index in [4.69, 9.17) is 30.7 Å². The Labute approximate surface area is 207 Å². The Balaban J connectivity index is 1.43. The molecule has 0 amide bonds. The van der Waals surface area contributed by atoms with Gasteiger partial charge in [0.2, 0.25) is 5.89 Å². The molecule has 1 aliphatic carbocycles. The number of ether oxygens (including phenoxy) is 1. The van der Waals surface area contributed by atoms with E-state index in [0.29, 0.717) is 36.1 Å². The van der Waals surface area contributed by atoms with Gasteiger partial charge in [0.25, 0.3) is 0 Å². The summed E-state index contributed by atoms with van der Waals surface area (Å²) in [6.07, 6.45) is 6.71. The summed E-state index contributed by atoms with van der Waals surface area (Å²) in [6.45, 7) is 3.53. The molecule has 0 bridgehead atoms. The fourth-order valence-electron chi connectivity index (χ4n) is 5.04. The predicted molar refractivity (Wildman–Crippen MR) is 133 cm³/mol. The number of imidazole rings is 1. The molecule has 0 saturated carbocycles. The van der Waals surface area contributed by atoms with Crippen molar-refractivity contribution in [1.82, 2.24) is 14.5 Å². The lowest BCUT2D eigenvalue weighted by Gasteiger charge is -2.29. The summed E-state index contributed by atoms with van der Waals surface area (Å²) in [7, 11) is 0. The van der Waals surface area contributed by atoms with Crippen LogP contribution in [0.15, 0.2) is 53.0 Å². The molecule has 8 heteroatoms. The summed E-state index contributed by atoms with van der Waals surface area (Å²) >= 11 is 6.14. The number of fused-ring (bicyclic) bond motifs is 2. The maximum Gasteiger partial charge on any atom is 0.335 e. The van der Waals surface area contributed by atoms with Gasteiger partial charge in [-0.15, -0.1) is 0 Å². The lowest BCUT2D eigenvalue weighted by Crippen LogP contribution is -2.27. The first kappa shape index (κ1) is 22.1. The SMILES string of the molecule is CC1(c2nc3cc(Cl)ccc3o2)C=Cc2c(nc(-c3ccc(C(=O)O)cc3)n2C2CCOCC2)C1. The quantitative estimate of drug-likeness (QED) is 0.382. The minimum atomic E-state index is -0.943. The molecule has 3 heterocycles. The number of nitrogens with zero attached hydrogens (tertiary/aromatic N) is 3. The Morgan fingerprint density at radius 2 is 1.91 bits per heavy atom. The molecule has 6 rings (SSSR count). The Bertz CT molecular complexity index is 1460. The average molecular weight is 490 g/mol. The van der Waals surface area contributed by atoms with Gasteiger partial charge in [0, 0.05) is 36.3 Å². The van der Waals surface area contributed by atoms with Gasteiger partial charge in [0.15, 0.2) is 5.58 Å². The number of hydrogen-bond donors (Lipinski definition) is 1. The first-order chi connectivity index (χ1) is 16.9. The van der Waals surface area contributed by atoms with Crippen LogP contribution in [0.5, 0.6) is 0 Å². The molecule has 2 aromatic carbocycles. The summed E-state index contributed by atoms with van der Waals surface area (Å²) in [6, 6.07) is 12.6. The smallest absolute Gasteiger partial charge is 0.335 e. The number of carbonyl (C=O) groups is 1. The third-order valence-electron chi connectivity index (χ3n) is 6.95. The van der Waals surface area contributed by atoms with Crippen LogP contribution < -0.4 is 0 Å². The third kappa shape index (κ3) is 3.85. The van der Waals surface area contributed by atoms with Crippen molar-refractivity contribution in [3.63, 3.8) is 0 Å². The van der Waals surface area contributed by atoms with Gasteiger partial charge in [-0.25, -0.2) is 14.8 Å². The molecule has 35 heavy (non-hydrogen) atoms. The second-order valence-corrected chi connectivity index (χ2v) is 9.86. The van der Waals surface area contributed by atoms with Crippen LogP contribution in [0.1, 0.15) is 53.4 Å². The number of aromatic nitrogens is 3. The van der Waals surface area contributed by atoms with E-state index in [1.165, 1.54) is 0 Å². The van der Waals surface area contributed by atoms with Gasteiger partial charge < -0.3 is 18.8 Å². The molecule has 178 valence electrons. The summed E-state index contributed by atoms with van der Waals surface area (Å²) in [5, 5.41) is 9.93. The minimum absolute atomic E-state index is 0.256. The Morgan fingerprint density at radius 1 is 1.14 bits per heavy atom. The number of benzene rings is 2. The Kier molecular flexibility index (Phi) is 5.27. The first-order valence-corrected chi connectivity index (χ1v) is 12.1. The number of carboxylic acid groups (broad SMARTS) is 1. The summed E-state index contributed by atoms with van der Waals surface area (Å²) in [4.78, 5) is 21.2. The van der Waals surface area contributed by atoms with Gasteiger partial charge in [0.05, 0.1) is 22.4 Å². The van der Waals surface area contributed by atoms with Crippen molar-refractivity contribution >= 4 is 34.7 Å². The maximum atomic E-state index is 11.3.